The van der Waals surface area contributed by atoms with Gasteiger partial charge in [-0.1, -0.05) is 41.9 Å². The topological polar surface area (TPSA) is 105 Å². The SMILES string of the molecule is COc1ccc(CN(C(=O)CN(c2cc(Cl)ccc2OC)S(=O)(=O)c2ccccc2)[C@@H](C)C(=O)NC(C)(C)C)cc1. The predicted molar refractivity (Wildman–Crippen MR) is 160 cm³/mol. The van der Waals surface area contributed by atoms with Crippen LogP contribution in [0.25, 0.3) is 0 Å². The van der Waals surface area contributed by atoms with E-state index in [1.165, 1.54) is 36.3 Å². The zero-order valence-electron chi connectivity index (χ0n) is 24.0. The predicted octanol–water partition coefficient (Wildman–Crippen LogP) is 4.88. The molecule has 0 unspecified atom stereocenters. The molecule has 0 radical (unpaired) electrons. The number of anilines is 1. The summed E-state index contributed by atoms with van der Waals surface area (Å²) in [5, 5.41) is 3.16. The number of rotatable bonds is 11. The second-order valence-corrected chi connectivity index (χ2v) is 12.7. The largest absolute Gasteiger partial charge is 0.497 e. The highest BCUT2D eigenvalue weighted by molar-refractivity contribution is 7.92. The van der Waals surface area contributed by atoms with Gasteiger partial charge in [-0.2, -0.15) is 0 Å². The van der Waals surface area contributed by atoms with Gasteiger partial charge < -0.3 is 19.7 Å². The first-order chi connectivity index (χ1) is 19.3. The molecule has 0 aromatic heterocycles. The molecule has 0 bridgehead atoms. The van der Waals surface area contributed by atoms with Gasteiger partial charge in [-0.05, 0) is 75.7 Å². The Labute approximate surface area is 247 Å². The van der Waals surface area contributed by atoms with Crippen molar-refractivity contribution in [1.82, 2.24) is 10.2 Å². The molecule has 0 aliphatic rings. The summed E-state index contributed by atoms with van der Waals surface area (Å²) in [7, 11) is -1.31. The summed E-state index contributed by atoms with van der Waals surface area (Å²) in [6.07, 6.45) is 0. The summed E-state index contributed by atoms with van der Waals surface area (Å²) in [6.45, 7) is 6.57. The van der Waals surface area contributed by atoms with Crippen molar-refractivity contribution in [3.8, 4) is 11.5 Å². The van der Waals surface area contributed by atoms with E-state index in [-0.39, 0.29) is 33.8 Å². The molecular formula is C30H36ClN3O6S. The van der Waals surface area contributed by atoms with E-state index in [9.17, 15) is 18.0 Å². The highest BCUT2D eigenvalue weighted by Crippen LogP contribution is 2.35. The van der Waals surface area contributed by atoms with E-state index < -0.39 is 34.1 Å². The van der Waals surface area contributed by atoms with Crippen LogP contribution in [0.3, 0.4) is 0 Å². The smallest absolute Gasteiger partial charge is 0.264 e. The summed E-state index contributed by atoms with van der Waals surface area (Å²) >= 11 is 6.26. The van der Waals surface area contributed by atoms with Gasteiger partial charge in [0, 0.05) is 17.1 Å². The zero-order valence-corrected chi connectivity index (χ0v) is 25.6. The molecule has 1 N–H and O–H groups in total. The molecule has 41 heavy (non-hydrogen) atoms. The Morgan fingerprint density at radius 1 is 0.951 bits per heavy atom. The molecule has 1 atom stereocenters. The molecule has 0 heterocycles. The van der Waals surface area contributed by atoms with Gasteiger partial charge in [0.05, 0.1) is 24.8 Å². The van der Waals surface area contributed by atoms with Crippen LogP contribution >= 0.6 is 11.6 Å². The summed E-state index contributed by atoms with van der Waals surface area (Å²) in [4.78, 5) is 28.6. The second kappa shape index (κ2) is 13.3. The van der Waals surface area contributed by atoms with Crippen LogP contribution < -0.4 is 19.1 Å². The van der Waals surface area contributed by atoms with Crippen molar-refractivity contribution in [3.05, 3.63) is 83.4 Å². The summed E-state index contributed by atoms with van der Waals surface area (Å²) in [6, 6.07) is 18.4. The van der Waals surface area contributed by atoms with Crippen LogP contribution in [0.1, 0.15) is 33.3 Å². The van der Waals surface area contributed by atoms with Gasteiger partial charge in [-0.25, -0.2) is 8.42 Å². The van der Waals surface area contributed by atoms with Gasteiger partial charge in [0.2, 0.25) is 11.8 Å². The van der Waals surface area contributed by atoms with Gasteiger partial charge in [-0.3, -0.25) is 13.9 Å². The van der Waals surface area contributed by atoms with Crippen LogP contribution in [0.5, 0.6) is 11.5 Å². The van der Waals surface area contributed by atoms with E-state index in [2.05, 4.69) is 5.32 Å². The van der Waals surface area contributed by atoms with E-state index in [1.807, 2.05) is 20.8 Å². The third kappa shape index (κ3) is 8.14. The average Bonchev–Trinajstić information content (AvgIpc) is 2.93. The summed E-state index contributed by atoms with van der Waals surface area (Å²) in [5.74, 6) is -0.128. The minimum atomic E-state index is -4.26. The molecular weight excluding hydrogens is 566 g/mol. The van der Waals surface area contributed by atoms with Crippen LogP contribution in [0.15, 0.2) is 77.7 Å². The molecule has 0 aliphatic heterocycles. The molecule has 0 saturated carbocycles. The molecule has 11 heteroatoms. The van der Waals surface area contributed by atoms with E-state index >= 15 is 0 Å². The first kappa shape index (κ1) is 31.8. The Morgan fingerprint density at radius 3 is 2.15 bits per heavy atom. The zero-order chi connectivity index (χ0) is 30.4. The minimum Gasteiger partial charge on any atom is -0.497 e. The lowest BCUT2D eigenvalue weighted by Gasteiger charge is -2.33. The maximum absolute atomic E-state index is 14.1. The highest BCUT2D eigenvalue weighted by Gasteiger charge is 2.34. The van der Waals surface area contributed by atoms with Gasteiger partial charge >= 0.3 is 0 Å². The van der Waals surface area contributed by atoms with E-state index in [0.717, 1.165) is 9.87 Å². The summed E-state index contributed by atoms with van der Waals surface area (Å²) < 4.78 is 39.6. The summed E-state index contributed by atoms with van der Waals surface area (Å²) in [5.41, 5.74) is 0.276. The molecule has 0 aliphatic carbocycles. The number of nitrogens with one attached hydrogen (secondary N) is 1. The standard InChI is InChI=1S/C30H36ClN3O6S/c1-21(29(36)32-30(2,3)4)33(19-22-12-15-24(39-5)16-13-22)28(35)20-34(26-18-23(31)14-17-27(26)40-6)41(37,38)25-10-8-7-9-11-25/h7-18,21H,19-20H2,1-6H3,(H,32,36)/t21-/m0/s1. The second-order valence-electron chi connectivity index (χ2n) is 10.4. The number of hydrogen-bond donors (Lipinski definition) is 1. The van der Waals surface area contributed by atoms with E-state index in [0.29, 0.717) is 5.75 Å². The van der Waals surface area contributed by atoms with Crippen molar-refractivity contribution in [3.63, 3.8) is 0 Å². The molecule has 3 aromatic rings. The van der Waals surface area contributed by atoms with Crippen LogP contribution in [0.2, 0.25) is 5.02 Å². The molecule has 3 rings (SSSR count). The number of carbonyl (C=O) groups is 2. The van der Waals surface area contributed by atoms with Gasteiger partial charge in [0.25, 0.3) is 10.0 Å². The Balaban J connectivity index is 2.09. The van der Waals surface area contributed by atoms with Crippen LogP contribution in [-0.4, -0.2) is 57.5 Å². The maximum atomic E-state index is 14.1. The number of ether oxygens (including phenoxy) is 2. The fourth-order valence-electron chi connectivity index (χ4n) is 4.08. The fraction of sp³-hybridized carbons (Fsp3) is 0.333. The molecule has 220 valence electrons. The van der Waals surface area contributed by atoms with Crippen molar-refractivity contribution in [1.29, 1.82) is 0 Å². The quantitative estimate of drug-likeness (QED) is 0.336. The number of benzene rings is 3. The Hall–Kier alpha value is -3.76. The molecule has 0 fully saturated rings. The minimum absolute atomic E-state index is 0.0185. The van der Waals surface area contributed by atoms with Crippen molar-refractivity contribution in [2.24, 2.45) is 0 Å². The van der Waals surface area contributed by atoms with Crippen molar-refractivity contribution in [2.75, 3.05) is 25.1 Å². The third-order valence-electron chi connectivity index (χ3n) is 6.20. The first-order valence-corrected chi connectivity index (χ1v) is 14.7. The molecule has 9 nitrogen and oxygen atoms in total. The van der Waals surface area contributed by atoms with Crippen LogP contribution in [0.4, 0.5) is 5.69 Å². The fourth-order valence-corrected chi connectivity index (χ4v) is 5.68. The Morgan fingerprint density at radius 2 is 1.59 bits per heavy atom. The lowest BCUT2D eigenvalue weighted by Crippen LogP contribution is -2.54. The molecule has 3 aromatic carbocycles. The monoisotopic (exact) mass is 601 g/mol. The number of halogens is 1. The van der Waals surface area contributed by atoms with Crippen LogP contribution in [-0.2, 0) is 26.2 Å². The van der Waals surface area contributed by atoms with Crippen LogP contribution in [0, 0.1) is 0 Å². The lowest BCUT2D eigenvalue weighted by molar-refractivity contribution is -0.140. The van der Waals surface area contributed by atoms with Crippen molar-refractivity contribution >= 4 is 39.1 Å². The van der Waals surface area contributed by atoms with Crippen molar-refractivity contribution in [2.45, 2.75) is 50.7 Å². The number of nitrogens with zero attached hydrogens (tertiary/aromatic N) is 2. The van der Waals surface area contributed by atoms with Gasteiger partial charge in [-0.15, -0.1) is 0 Å². The number of sulfonamides is 1. The van der Waals surface area contributed by atoms with E-state index in [1.54, 1.807) is 62.6 Å². The average molecular weight is 602 g/mol. The molecule has 2 amide bonds. The maximum Gasteiger partial charge on any atom is 0.264 e. The van der Waals surface area contributed by atoms with E-state index in [4.69, 9.17) is 21.1 Å². The molecule has 0 saturated heterocycles. The number of methoxy groups -OCH3 is 2. The number of hydrogen-bond acceptors (Lipinski definition) is 6. The highest BCUT2D eigenvalue weighted by atomic mass is 35.5. The first-order valence-electron chi connectivity index (χ1n) is 12.9. The number of amides is 2. The lowest BCUT2D eigenvalue weighted by atomic mass is 10.1. The number of carbonyl (C=O) groups excluding carboxylic acids is 2. The Kier molecular flexibility index (Phi) is 10.3. The Bertz CT molecular complexity index is 1460. The van der Waals surface area contributed by atoms with Gasteiger partial charge in [0.15, 0.2) is 0 Å². The van der Waals surface area contributed by atoms with Crippen molar-refractivity contribution < 1.29 is 27.5 Å². The van der Waals surface area contributed by atoms with Gasteiger partial charge in [0.1, 0.15) is 24.1 Å². The third-order valence-corrected chi connectivity index (χ3v) is 8.21. The molecule has 0 spiro atoms. The normalized spacial score (nSPS) is 12.3.